The summed E-state index contributed by atoms with van der Waals surface area (Å²) in [6.07, 6.45) is 3.09. The van der Waals surface area contributed by atoms with Crippen molar-refractivity contribution >= 4 is 28.6 Å². The molecule has 0 saturated carbocycles. The minimum Gasteiger partial charge on any atom is -0.440 e. The zero-order valence-corrected chi connectivity index (χ0v) is 15.3. The van der Waals surface area contributed by atoms with E-state index in [1.165, 1.54) is 0 Å². The van der Waals surface area contributed by atoms with E-state index < -0.39 is 0 Å². The van der Waals surface area contributed by atoms with Crippen LogP contribution >= 0.6 is 11.6 Å². The van der Waals surface area contributed by atoms with Gasteiger partial charge in [-0.3, -0.25) is 4.79 Å². The number of hydrogen-bond donors (Lipinski definition) is 0. The van der Waals surface area contributed by atoms with Crippen molar-refractivity contribution in [3.8, 4) is 0 Å². The summed E-state index contributed by atoms with van der Waals surface area (Å²) < 4.78 is 5.89. The average molecular weight is 369 g/mol. The highest BCUT2D eigenvalue weighted by Crippen LogP contribution is 2.30. The molecule has 0 N–H and O–H groups in total. The van der Waals surface area contributed by atoms with E-state index in [0.29, 0.717) is 12.3 Å². The van der Waals surface area contributed by atoms with E-state index in [2.05, 4.69) is 4.98 Å². The lowest BCUT2D eigenvalue weighted by Crippen LogP contribution is -2.38. The Balaban J connectivity index is 1.31. The second-order valence-electron chi connectivity index (χ2n) is 6.80. The van der Waals surface area contributed by atoms with Crippen molar-refractivity contribution in [2.24, 2.45) is 0 Å². The minimum atomic E-state index is 0.218. The van der Waals surface area contributed by atoms with Crippen LogP contribution < -0.4 is 0 Å². The zero-order valence-electron chi connectivity index (χ0n) is 14.5. The number of nitrogens with zero attached hydrogens (tertiary/aromatic N) is 2. The number of hydrogen-bond acceptors (Lipinski definition) is 3. The third-order valence-corrected chi connectivity index (χ3v) is 5.30. The molecule has 2 heterocycles. The van der Waals surface area contributed by atoms with E-state index in [1.54, 1.807) is 0 Å². The minimum absolute atomic E-state index is 0.218. The molecule has 1 saturated heterocycles. The highest BCUT2D eigenvalue weighted by atomic mass is 35.5. The summed E-state index contributed by atoms with van der Waals surface area (Å²) in [5.74, 6) is 1.32. The molecule has 134 valence electrons. The van der Waals surface area contributed by atoms with Gasteiger partial charge < -0.3 is 9.32 Å². The maximum atomic E-state index is 12.5. The van der Waals surface area contributed by atoms with Crippen molar-refractivity contribution in [3.63, 3.8) is 0 Å². The summed E-state index contributed by atoms with van der Waals surface area (Å²) in [4.78, 5) is 19.1. The number of piperidine rings is 1. The molecule has 0 spiro atoms. The Morgan fingerprint density at radius 1 is 1.12 bits per heavy atom. The second-order valence-corrected chi connectivity index (χ2v) is 7.24. The molecule has 0 bridgehead atoms. The Bertz CT molecular complexity index is 863. The predicted octanol–water partition coefficient (Wildman–Crippen LogP) is 4.82. The predicted molar refractivity (Wildman–Crippen MR) is 102 cm³/mol. The number of fused-ring (bicyclic) bond motifs is 1. The SMILES string of the molecule is O=C(CCc1ccc(Cl)cc1)N1CCC(c2nc3ccccc3o2)CC1. The van der Waals surface area contributed by atoms with Gasteiger partial charge in [0.15, 0.2) is 11.5 Å². The smallest absolute Gasteiger partial charge is 0.222 e. The van der Waals surface area contributed by atoms with Crippen LogP contribution in [0.4, 0.5) is 0 Å². The van der Waals surface area contributed by atoms with Crippen LogP contribution in [-0.2, 0) is 11.2 Å². The fraction of sp³-hybridized carbons (Fsp3) is 0.333. The molecule has 0 unspecified atom stereocenters. The molecule has 26 heavy (non-hydrogen) atoms. The number of halogens is 1. The molecule has 1 fully saturated rings. The summed E-state index contributed by atoms with van der Waals surface area (Å²) in [5.41, 5.74) is 2.89. The Kier molecular flexibility index (Phi) is 4.93. The molecule has 0 aliphatic carbocycles. The van der Waals surface area contributed by atoms with E-state index in [9.17, 15) is 4.79 Å². The Morgan fingerprint density at radius 2 is 1.85 bits per heavy atom. The quantitative estimate of drug-likeness (QED) is 0.663. The van der Waals surface area contributed by atoms with E-state index in [0.717, 1.165) is 59.9 Å². The van der Waals surface area contributed by atoms with E-state index in [1.807, 2.05) is 53.4 Å². The topological polar surface area (TPSA) is 46.3 Å². The van der Waals surface area contributed by atoms with Crippen molar-refractivity contribution in [1.29, 1.82) is 0 Å². The first-order valence-electron chi connectivity index (χ1n) is 9.07. The van der Waals surface area contributed by atoms with Gasteiger partial charge in [-0.15, -0.1) is 0 Å². The lowest BCUT2D eigenvalue weighted by Gasteiger charge is -2.30. The van der Waals surface area contributed by atoms with Crippen LogP contribution in [0.5, 0.6) is 0 Å². The molecule has 1 aromatic heterocycles. The van der Waals surface area contributed by atoms with Crippen LogP contribution in [0.2, 0.25) is 5.02 Å². The Morgan fingerprint density at radius 3 is 2.58 bits per heavy atom. The first-order chi connectivity index (χ1) is 12.7. The molecule has 4 rings (SSSR count). The summed E-state index contributed by atoms with van der Waals surface area (Å²) in [7, 11) is 0. The molecule has 0 radical (unpaired) electrons. The molecular weight excluding hydrogens is 348 g/mol. The maximum Gasteiger partial charge on any atom is 0.222 e. The van der Waals surface area contributed by atoms with E-state index in [4.69, 9.17) is 16.0 Å². The number of oxazole rings is 1. The molecule has 0 atom stereocenters. The molecule has 1 amide bonds. The summed E-state index contributed by atoms with van der Waals surface area (Å²) >= 11 is 5.90. The fourth-order valence-corrected chi connectivity index (χ4v) is 3.63. The third kappa shape index (κ3) is 3.75. The van der Waals surface area contributed by atoms with Crippen molar-refractivity contribution in [3.05, 3.63) is 65.0 Å². The molecule has 3 aromatic rings. The number of aryl methyl sites for hydroxylation is 1. The molecular formula is C21H21ClN2O2. The van der Waals surface area contributed by atoms with Gasteiger partial charge in [-0.25, -0.2) is 4.98 Å². The number of benzene rings is 2. The van der Waals surface area contributed by atoms with Crippen LogP contribution in [0.1, 0.15) is 36.6 Å². The largest absolute Gasteiger partial charge is 0.440 e. The number of rotatable bonds is 4. The highest BCUT2D eigenvalue weighted by Gasteiger charge is 2.26. The molecule has 4 nitrogen and oxygen atoms in total. The van der Waals surface area contributed by atoms with Gasteiger partial charge in [0.1, 0.15) is 5.52 Å². The van der Waals surface area contributed by atoms with Crippen LogP contribution in [-0.4, -0.2) is 28.9 Å². The Labute approximate surface area is 157 Å². The van der Waals surface area contributed by atoms with Gasteiger partial charge in [-0.05, 0) is 49.1 Å². The molecule has 1 aliphatic rings. The third-order valence-electron chi connectivity index (χ3n) is 5.05. The van der Waals surface area contributed by atoms with Gasteiger partial charge in [-0.1, -0.05) is 35.9 Å². The number of amides is 1. The van der Waals surface area contributed by atoms with Crippen molar-refractivity contribution in [1.82, 2.24) is 9.88 Å². The zero-order chi connectivity index (χ0) is 17.9. The first kappa shape index (κ1) is 17.1. The van der Waals surface area contributed by atoms with Gasteiger partial charge >= 0.3 is 0 Å². The van der Waals surface area contributed by atoms with Crippen LogP contribution in [0.3, 0.4) is 0 Å². The van der Waals surface area contributed by atoms with E-state index >= 15 is 0 Å². The standard InChI is InChI=1S/C21H21ClN2O2/c22-17-8-5-15(6-9-17)7-10-20(25)24-13-11-16(12-14-24)21-23-18-3-1-2-4-19(18)26-21/h1-6,8-9,16H,7,10-14H2. The highest BCUT2D eigenvalue weighted by molar-refractivity contribution is 6.30. The number of likely N-dealkylation sites (tertiary alicyclic amines) is 1. The molecule has 2 aromatic carbocycles. The summed E-state index contributed by atoms with van der Waals surface area (Å²) in [6.45, 7) is 1.53. The number of carbonyl (C=O) groups is 1. The monoisotopic (exact) mass is 368 g/mol. The number of para-hydroxylation sites is 2. The van der Waals surface area contributed by atoms with Crippen molar-refractivity contribution in [2.45, 2.75) is 31.6 Å². The normalized spacial score (nSPS) is 15.5. The maximum absolute atomic E-state index is 12.5. The fourth-order valence-electron chi connectivity index (χ4n) is 3.50. The van der Waals surface area contributed by atoms with Crippen LogP contribution in [0, 0.1) is 0 Å². The van der Waals surface area contributed by atoms with Crippen molar-refractivity contribution < 1.29 is 9.21 Å². The van der Waals surface area contributed by atoms with Crippen LogP contribution in [0.25, 0.3) is 11.1 Å². The second kappa shape index (κ2) is 7.50. The lowest BCUT2D eigenvalue weighted by atomic mass is 9.96. The number of carbonyl (C=O) groups excluding carboxylic acids is 1. The average Bonchev–Trinajstić information content (AvgIpc) is 3.12. The number of aromatic nitrogens is 1. The van der Waals surface area contributed by atoms with Gasteiger partial charge in [0.25, 0.3) is 0 Å². The van der Waals surface area contributed by atoms with Crippen LogP contribution in [0.15, 0.2) is 52.9 Å². The van der Waals surface area contributed by atoms with E-state index in [-0.39, 0.29) is 5.91 Å². The first-order valence-corrected chi connectivity index (χ1v) is 9.44. The summed E-state index contributed by atoms with van der Waals surface area (Å²) in [5, 5.41) is 0.723. The van der Waals surface area contributed by atoms with Crippen molar-refractivity contribution in [2.75, 3.05) is 13.1 Å². The lowest BCUT2D eigenvalue weighted by molar-refractivity contribution is -0.132. The molecule has 1 aliphatic heterocycles. The Hall–Kier alpha value is -2.33. The van der Waals surface area contributed by atoms with Gasteiger partial charge in [0, 0.05) is 30.5 Å². The van der Waals surface area contributed by atoms with Gasteiger partial charge in [-0.2, -0.15) is 0 Å². The van der Waals surface area contributed by atoms with Gasteiger partial charge in [0.05, 0.1) is 0 Å². The summed E-state index contributed by atoms with van der Waals surface area (Å²) in [6, 6.07) is 15.5. The van der Waals surface area contributed by atoms with Gasteiger partial charge in [0.2, 0.25) is 5.91 Å². The molecule has 5 heteroatoms.